The number of carboxylic acid groups (broad SMARTS) is 1. The summed E-state index contributed by atoms with van der Waals surface area (Å²) >= 11 is 0. The average molecular weight is 273 g/mol. The van der Waals surface area contributed by atoms with Gasteiger partial charge in [0.05, 0.1) is 0 Å². The molecule has 1 amide bonds. The van der Waals surface area contributed by atoms with E-state index in [1.54, 1.807) is 0 Å². The largest absolute Gasteiger partial charge is 0.479 e. The zero-order valence-electron chi connectivity index (χ0n) is 10.1. The van der Waals surface area contributed by atoms with E-state index < -0.39 is 35.2 Å². The van der Waals surface area contributed by atoms with E-state index in [1.807, 2.05) is 0 Å². The van der Waals surface area contributed by atoms with Gasteiger partial charge in [0.15, 0.2) is 6.10 Å². The van der Waals surface area contributed by atoms with Crippen LogP contribution in [0.15, 0.2) is 12.1 Å². The molecule has 1 aromatic rings. The molecule has 1 aromatic carbocycles. The van der Waals surface area contributed by atoms with Crippen molar-refractivity contribution < 1.29 is 28.6 Å². The zero-order valence-corrected chi connectivity index (χ0v) is 10.1. The highest BCUT2D eigenvalue weighted by Gasteiger charge is 2.19. The first-order chi connectivity index (χ1) is 8.84. The number of aliphatic hydroxyl groups is 1. The Labute approximate surface area is 107 Å². The highest BCUT2D eigenvalue weighted by Crippen LogP contribution is 2.16. The van der Waals surface area contributed by atoms with Crippen molar-refractivity contribution in [3.63, 3.8) is 0 Å². The summed E-state index contributed by atoms with van der Waals surface area (Å²) in [6, 6.07) is 2.18. The third-order valence-electron chi connectivity index (χ3n) is 2.50. The Kier molecular flexibility index (Phi) is 4.94. The van der Waals surface area contributed by atoms with E-state index in [0.29, 0.717) is 0 Å². The third-order valence-corrected chi connectivity index (χ3v) is 2.50. The molecule has 1 rings (SSSR count). The van der Waals surface area contributed by atoms with E-state index in [2.05, 4.69) is 5.32 Å². The van der Waals surface area contributed by atoms with E-state index in [1.165, 1.54) is 13.0 Å². The summed E-state index contributed by atoms with van der Waals surface area (Å²) in [5.41, 5.74) is -0.595. The van der Waals surface area contributed by atoms with Gasteiger partial charge in [0.1, 0.15) is 17.2 Å². The number of halogens is 2. The van der Waals surface area contributed by atoms with Crippen molar-refractivity contribution in [2.75, 3.05) is 6.54 Å². The fourth-order valence-electron chi connectivity index (χ4n) is 1.40. The van der Waals surface area contributed by atoms with E-state index in [9.17, 15) is 18.4 Å². The van der Waals surface area contributed by atoms with Gasteiger partial charge in [-0.25, -0.2) is 13.6 Å². The second kappa shape index (κ2) is 6.24. The Morgan fingerprint density at radius 1 is 1.37 bits per heavy atom. The highest BCUT2D eigenvalue weighted by atomic mass is 19.1. The number of aryl methyl sites for hydroxylation is 1. The molecule has 104 valence electrons. The van der Waals surface area contributed by atoms with E-state index in [-0.39, 0.29) is 18.5 Å². The lowest BCUT2D eigenvalue weighted by Crippen LogP contribution is -2.31. The fraction of sp³-hybridized carbons (Fsp3) is 0.333. The summed E-state index contributed by atoms with van der Waals surface area (Å²) in [5, 5.41) is 19.5. The smallest absolute Gasteiger partial charge is 0.332 e. The monoisotopic (exact) mass is 273 g/mol. The standard InChI is InChI=1S/C12H13F2NO4/c1-6-2-3-7(13)9(10(6)14)11(17)15-5-4-8(16)12(18)19/h2-3,8,16H,4-5H2,1H3,(H,15,17)(H,18,19)/t8-/m0/s1. The molecule has 0 bridgehead atoms. The lowest BCUT2D eigenvalue weighted by Gasteiger charge is -2.09. The molecular weight excluding hydrogens is 260 g/mol. The van der Waals surface area contributed by atoms with Crippen LogP contribution < -0.4 is 5.32 Å². The topological polar surface area (TPSA) is 86.6 Å². The second-order valence-electron chi connectivity index (χ2n) is 3.95. The van der Waals surface area contributed by atoms with Gasteiger partial charge in [-0.05, 0) is 18.6 Å². The van der Waals surface area contributed by atoms with Crippen LogP contribution in [-0.2, 0) is 4.79 Å². The van der Waals surface area contributed by atoms with Gasteiger partial charge in [-0.1, -0.05) is 6.07 Å². The van der Waals surface area contributed by atoms with Crippen molar-refractivity contribution >= 4 is 11.9 Å². The molecule has 5 nitrogen and oxygen atoms in total. The number of hydrogen-bond acceptors (Lipinski definition) is 3. The number of nitrogens with one attached hydrogen (secondary N) is 1. The lowest BCUT2D eigenvalue weighted by molar-refractivity contribution is -0.146. The molecule has 0 saturated heterocycles. The summed E-state index contributed by atoms with van der Waals surface area (Å²) in [4.78, 5) is 21.9. The van der Waals surface area contributed by atoms with Crippen LogP contribution in [0.2, 0.25) is 0 Å². The summed E-state index contributed by atoms with van der Waals surface area (Å²) in [6.07, 6.45) is -1.89. The van der Waals surface area contributed by atoms with Crippen LogP contribution in [0.5, 0.6) is 0 Å². The molecule has 1 atom stereocenters. The minimum Gasteiger partial charge on any atom is -0.479 e. The Balaban J connectivity index is 2.69. The van der Waals surface area contributed by atoms with Crippen molar-refractivity contribution in [3.8, 4) is 0 Å². The van der Waals surface area contributed by atoms with Gasteiger partial charge in [0, 0.05) is 13.0 Å². The van der Waals surface area contributed by atoms with Gasteiger partial charge >= 0.3 is 5.97 Å². The third kappa shape index (κ3) is 3.72. The number of aliphatic carboxylic acids is 1. The van der Waals surface area contributed by atoms with Gasteiger partial charge in [-0.2, -0.15) is 0 Å². The molecule has 19 heavy (non-hydrogen) atoms. The summed E-state index contributed by atoms with van der Waals surface area (Å²) in [6.45, 7) is 1.18. The number of aliphatic hydroxyl groups excluding tert-OH is 1. The van der Waals surface area contributed by atoms with Crippen LogP contribution in [0.4, 0.5) is 8.78 Å². The van der Waals surface area contributed by atoms with Gasteiger partial charge in [0.2, 0.25) is 0 Å². The Morgan fingerprint density at radius 3 is 2.58 bits per heavy atom. The molecule has 0 aliphatic carbocycles. The molecular formula is C12H13F2NO4. The van der Waals surface area contributed by atoms with Crippen LogP contribution in [0, 0.1) is 18.6 Å². The van der Waals surface area contributed by atoms with Crippen molar-refractivity contribution in [1.29, 1.82) is 0 Å². The molecule has 3 N–H and O–H groups in total. The molecule has 0 fully saturated rings. The molecule has 7 heteroatoms. The predicted octanol–water partition coefficient (Wildman–Crippen LogP) is 0.839. The quantitative estimate of drug-likeness (QED) is 0.742. The number of carbonyl (C=O) groups excluding carboxylic acids is 1. The molecule has 0 heterocycles. The van der Waals surface area contributed by atoms with Crippen LogP contribution >= 0.6 is 0 Å². The molecule has 0 aliphatic rings. The molecule has 0 aromatic heterocycles. The van der Waals surface area contributed by atoms with Gasteiger partial charge < -0.3 is 15.5 Å². The Morgan fingerprint density at radius 2 is 2.00 bits per heavy atom. The SMILES string of the molecule is Cc1ccc(F)c(C(=O)NCC[C@H](O)C(=O)O)c1F. The number of benzene rings is 1. The maximum Gasteiger partial charge on any atom is 0.332 e. The number of rotatable bonds is 5. The normalized spacial score (nSPS) is 12.0. The first-order valence-corrected chi connectivity index (χ1v) is 5.48. The summed E-state index contributed by atoms with van der Waals surface area (Å²) in [5.74, 6) is -4.38. The molecule has 0 radical (unpaired) electrons. The van der Waals surface area contributed by atoms with E-state index in [0.717, 1.165) is 6.07 Å². The Bertz CT molecular complexity index is 505. The summed E-state index contributed by atoms with van der Waals surface area (Å²) < 4.78 is 26.9. The number of carbonyl (C=O) groups is 2. The fourth-order valence-corrected chi connectivity index (χ4v) is 1.40. The van der Waals surface area contributed by atoms with Gasteiger partial charge in [0.25, 0.3) is 5.91 Å². The van der Waals surface area contributed by atoms with Crippen LogP contribution in [0.1, 0.15) is 22.3 Å². The first kappa shape index (κ1) is 15.0. The molecule has 0 saturated carbocycles. The summed E-state index contributed by atoms with van der Waals surface area (Å²) in [7, 11) is 0. The van der Waals surface area contributed by atoms with Gasteiger partial charge in [-0.15, -0.1) is 0 Å². The Hall–Kier alpha value is -2.02. The predicted molar refractivity (Wildman–Crippen MR) is 61.7 cm³/mol. The zero-order chi connectivity index (χ0) is 14.6. The maximum absolute atomic E-state index is 13.6. The first-order valence-electron chi connectivity index (χ1n) is 5.48. The number of amides is 1. The van der Waals surface area contributed by atoms with Crippen LogP contribution in [0.25, 0.3) is 0 Å². The van der Waals surface area contributed by atoms with Crippen molar-refractivity contribution in [2.24, 2.45) is 0 Å². The average Bonchev–Trinajstić information content (AvgIpc) is 2.34. The van der Waals surface area contributed by atoms with Gasteiger partial charge in [-0.3, -0.25) is 4.79 Å². The van der Waals surface area contributed by atoms with Crippen molar-refractivity contribution in [2.45, 2.75) is 19.4 Å². The second-order valence-corrected chi connectivity index (χ2v) is 3.95. The molecule has 0 spiro atoms. The van der Waals surface area contributed by atoms with Crippen LogP contribution in [-0.4, -0.2) is 34.7 Å². The number of hydrogen-bond donors (Lipinski definition) is 3. The molecule has 0 unspecified atom stereocenters. The van der Waals surface area contributed by atoms with E-state index in [4.69, 9.17) is 10.2 Å². The number of carboxylic acids is 1. The highest BCUT2D eigenvalue weighted by molar-refractivity contribution is 5.95. The minimum absolute atomic E-state index is 0.122. The lowest BCUT2D eigenvalue weighted by atomic mass is 10.1. The minimum atomic E-state index is -1.63. The van der Waals surface area contributed by atoms with Crippen molar-refractivity contribution in [3.05, 3.63) is 34.9 Å². The maximum atomic E-state index is 13.6. The van der Waals surface area contributed by atoms with Crippen LogP contribution in [0.3, 0.4) is 0 Å². The van der Waals surface area contributed by atoms with Crippen molar-refractivity contribution in [1.82, 2.24) is 5.32 Å². The molecule has 0 aliphatic heterocycles. The van der Waals surface area contributed by atoms with E-state index >= 15 is 0 Å².